The minimum atomic E-state index is -0.617. The van der Waals surface area contributed by atoms with E-state index in [1.54, 1.807) is 0 Å². The van der Waals surface area contributed by atoms with E-state index in [-0.39, 0.29) is 11.8 Å². The van der Waals surface area contributed by atoms with Gasteiger partial charge in [-0.1, -0.05) is 50.2 Å². The molecule has 0 saturated heterocycles. The Kier molecular flexibility index (Phi) is 4.40. The van der Waals surface area contributed by atoms with E-state index in [0.717, 1.165) is 16.5 Å². The molecule has 2 N–H and O–H groups in total. The smallest absolute Gasteiger partial charge is 0.272 e. The number of nitrogens with zero attached hydrogens (tertiary/aromatic N) is 1. The van der Waals surface area contributed by atoms with Crippen molar-refractivity contribution in [2.45, 2.75) is 20.0 Å². The van der Waals surface area contributed by atoms with E-state index < -0.39 is 6.10 Å². The van der Waals surface area contributed by atoms with Crippen LogP contribution >= 0.6 is 0 Å². The van der Waals surface area contributed by atoms with Gasteiger partial charge in [-0.05, 0) is 24.1 Å². The van der Waals surface area contributed by atoms with Gasteiger partial charge in [0.1, 0.15) is 5.69 Å². The number of carbonyl (C=O) groups is 1. The standard InChI is InChI=1S/C20H22N2O2/c1-13(2)19(23)15-9-5-6-10-16(15)21-20(24)18-12-14-8-4-7-11-17(14)22(18)3/h4-13,19,23H,1-3H3,(H,21,24)/t19-/m0/s1. The summed E-state index contributed by atoms with van der Waals surface area (Å²) in [5.74, 6) is -0.113. The van der Waals surface area contributed by atoms with Crippen molar-refractivity contribution >= 4 is 22.5 Å². The molecule has 0 saturated carbocycles. The Bertz CT molecular complexity index is 880. The molecule has 124 valence electrons. The highest BCUT2D eigenvalue weighted by Crippen LogP contribution is 2.28. The number of carbonyl (C=O) groups excluding carboxylic acids is 1. The van der Waals surface area contributed by atoms with Gasteiger partial charge in [-0.25, -0.2) is 0 Å². The number of fused-ring (bicyclic) bond motifs is 1. The van der Waals surface area contributed by atoms with Gasteiger partial charge in [0.05, 0.1) is 6.10 Å². The van der Waals surface area contributed by atoms with E-state index in [0.29, 0.717) is 11.4 Å². The van der Waals surface area contributed by atoms with E-state index in [1.165, 1.54) is 0 Å². The minimum absolute atomic E-state index is 0.0701. The van der Waals surface area contributed by atoms with Gasteiger partial charge in [-0.2, -0.15) is 0 Å². The van der Waals surface area contributed by atoms with Crippen molar-refractivity contribution in [1.82, 2.24) is 4.57 Å². The molecule has 0 aliphatic rings. The van der Waals surface area contributed by atoms with Crippen LogP contribution in [0.3, 0.4) is 0 Å². The van der Waals surface area contributed by atoms with Gasteiger partial charge in [0, 0.05) is 29.2 Å². The summed E-state index contributed by atoms with van der Waals surface area (Å²) in [4.78, 5) is 12.7. The average molecular weight is 322 g/mol. The summed E-state index contributed by atoms with van der Waals surface area (Å²) in [5.41, 5.74) is 2.98. The number of aromatic nitrogens is 1. The number of rotatable bonds is 4. The molecule has 4 nitrogen and oxygen atoms in total. The number of amides is 1. The van der Waals surface area contributed by atoms with Crippen molar-refractivity contribution in [3.8, 4) is 0 Å². The van der Waals surface area contributed by atoms with E-state index in [9.17, 15) is 9.90 Å². The third kappa shape index (κ3) is 2.93. The van der Waals surface area contributed by atoms with Crippen LogP contribution in [0.1, 0.15) is 36.0 Å². The van der Waals surface area contributed by atoms with Gasteiger partial charge in [0.25, 0.3) is 5.91 Å². The van der Waals surface area contributed by atoms with Crippen LogP contribution in [-0.4, -0.2) is 15.6 Å². The van der Waals surface area contributed by atoms with Crippen LogP contribution in [0, 0.1) is 5.92 Å². The van der Waals surface area contributed by atoms with Gasteiger partial charge in [-0.3, -0.25) is 4.79 Å². The van der Waals surface area contributed by atoms with Crippen LogP contribution in [0.25, 0.3) is 10.9 Å². The molecule has 0 aliphatic carbocycles. The number of nitrogens with one attached hydrogen (secondary N) is 1. The highest BCUT2D eigenvalue weighted by atomic mass is 16.3. The molecule has 1 heterocycles. The number of benzene rings is 2. The molecule has 0 aliphatic heterocycles. The summed E-state index contributed by atoms with van der Waals surface area (Å²) in [7, 11) is 1.88. The Morgan fingerprint density at radius 1 is 1.08 bits per heavy atom. The molecule has 3 rings (SSSR count). The van der Waals surface area contributed by atoms with Crippen molar-refractivity contribution in [2.24, 2.45) is 13.0 Å². The lowest BCUT2D eigenvalue weighted by Crippen LogP contribution is -2.18. The number of hydrogen-bond acceptors (Lipinski definition) is 2. The normalized spacial score (nSPS) is 12.5. The highest BCUT2D eigenvalue weighted by Gasteiger charge is 2.19. The fourth-order valence-electron chi connectivity index (χ4n) is 2.92. The maximum Gasteiger partial charge on any atom is 0.272 e. The fourth-order valence-corrected chi connectivity index (χ4v) is 2.92. The summed E-state index contributed by atoms with van der Waals surface area (Å²) in [6.45, 7) is 3.90. The summed E-state index contributed by atoms with van der Waals surface area (Å²) >= 11 is 0. The Balaban J connectivity index is 1.94. The van der Waals surface area contributed by atoms with Crippen LogP contribution in [0.15, 0.2) is 54.6 Å². The lowest BCUT2D eigenvalue weighted by molar-refractivity contribution is 0.101. The second-order valence-corrected chi connectivity index (χ2v) is 6.38. The second kappa shape index (κ2) is 6.49. The summed E-state index contributed by atoms with van der Waals surface area (Å²) in [6, 6.07) is 17.2. The van der Waals surface area contributed by atoms with Gasteiger partial charge in [0.15, 0.2) is 0 Å². The predicted octanol–water partition coefficient (Wildman–Crippen LogP) is 4.12. The molecule has 24 heavy (non-hydrogen) atoms. The Morgan fingerprint density at radius 2 is 1.75 bits per heavy atom. The van der Waals surface area contributed by atoms with Crippen molar-refractivity contribution in [1.29, 1.82) is 0 Å². The lowest BCUT2D eigenvalue weighted by atomic mass is 9.97. The molecule has 0 unspecified atom stereocenters. The minimum Gasteiger partial charge on any atom is -0.388 e. The quantitative estimate of drug-likeness (QED) is 0.759. The third-order valence-electron chi connectivity index (χ3n) is 4.34. The van der Waals surface area contributed by atoms with Crippen LogP contribution < -0.4 is 5.32 Å². The summed E-state index contributed by atoms with van der Waals surface area (Å²) in [5, 5.41) is 14.3. The zero-order valence-electron chi connectivity index (χ0n) is 14.2. The Labute approximate surface area is 141 Å². The molecule has 1 aromatic heterocycles. The molecule has 4 heteroatoms. The van der Waals surface area contributed by atoms with Gasteiger partial charge >= 0.3 is 0 Å². The number of para-hydroxylation sites is 2. The number of anilines is 1. The summed E-state index contributed by atoms with van der Waals surface area (Å²) < 4.78 is 1.88. The van der Waals surface area contributed by atoms with Crippen molar-refractivity contribution in [3.05, 3.63) is 65.9 Å². The predicted molar refractivity (Wildman–Crippen MR) is 97.1 cm³/mol. The molecule has 0 spiro atoms. The second-order valence-electron chi connectivity index (χ2n) is 6.38. The van der Waals surface area contributed by atoms with Gasteiger partial charge in [-0.15, -0.1) is 0 Å². The fraction of sp³-hybridized carbons (Fsp3) is 0.250. The van der Waals surface area contributed by atoms with Crippen molar-refractivity contribution in [2.75, 3.05) is 5.32 Å². The van der Waals surface area contributed by atoms with Crippen molar-refractivity contribution < 1.29 is 9.90 Å². The first kappa shape index (κ1) is 16.3. The largest absolute Gasteiger partial charge is 0.388 e. The average Bonchev–Trinajstić information content (AvgIpc) is 2.92. The van der Waals surface area contributed by atoms with E-state index in [4.69, 9.17) is 0 Å². The molecule has 1 amide bonds. The SMILES string of the molecule is CC(C)[C@H](O)c1ccccc1NC(=O)c1cc2ccccc2n1C. The number of aryl methyl sites for hydroxylation is 1. The number of aliphatic hydroxyl groups excluding tert-OH is 1. The topological polar surface area (TPSA) is 54.3 Å². The van der Waals surface area contributed by atoms with E-state index in [1.807, 2.05) is 80.1 Å². The molecular weight excluding hydrogens is 300 g/mol. The Morgan fingerprint density at radius 3 is 2.46 bits per heavy atom. The third-order valence-corrected chi connectivity index (χ3v) is 4.34. The van der Waals surface area contributed by atoms with Crippen LogP contribution in [0.5, 0.6) is 0 Å². The summed E-state index contributed by atoms with van der Waals surface area (Å²) in [6.07, 6.45) is -0.617. The van der Waals surface area contributed by atoms with E-state index in [2.05, 4.69) is 5.32 Å². The van der Waals surface area contributed by atoms with Gasteiger partial charge < -0.3 is 15.0 Å². The first-order chi connectivity index (χ1) is 11.5. The number of aliphatic hydroxyl groups is 1. The highest BCUT2D eigenvalue weighted by molar-refractivity contribution is 6.06. The van der Waals surface area contributed by atoms with Crippen LogP contribution in [0.2, 0.25) is 0 Å². The number of hydrogen-bond donors (Lipinski definition) is 2. The van der Waals surface area contributed by atoms with Crippen LogP contribution in [-0.2, 0) is 7.05 Å². The molecule has 3 aromatic rings. The van der Waals surface area contributed by atoms with Gasteiger partial charge in [0.2, 0.25) is 0 Å². The first-order valence-corrected chi connectivity index (χ1v) is 8.12. The molecule has 0 fully saturated rings. The monoisotopic (exact) mass is 322 g/mol. The molecule has 1 atom stereocenters. The Hall–Kier alpha value is -2.59. The molecular formula is C20H22N2O2. The first-order valence-electron chi connectivity index (χ1n) is 8.12. The zero-order valence-corrected chi connectivity index (χ0v) is 14.2. The van der Waals surface area contributed by atoms with E-state index >= 15 is 0 Å². The van der Waals surface area contributed by atoms with Crippen LogP contribution in [0.4, 0.5) is 5.69 Å². The lowest BCUT2D eigenvalue weighted by Gasteiger charge is -2.19. The molecule has 0 bridgehead atoms. The zero-order chi connectivity index (χ0) is 17.3. The molecule has 2 aromatic carbocycles. The maximum absolute atomic E-state index is 12.7. The molecule has 0 radical (unpaired) electrons. The van der Waals surface area contributed by atoms with Crippen molar-refractivity contribution in [3.63, 3.8) is 0 Å². The maximum atomic E-state index is 12.7.